The summed E-state index contributed by atoms with van der Waals surface area (Å²) in [5, 5.41) is 7.46. The molecule has 0 aliphatic rings. The van der Waals surface area contributed by atoms with E-state index in [9.17, 15) is 8.42 Å². The van der Waals surface area contributed by atoms with Gasteiger partial charge >= 0.3 is 0 Å². The first-order valence-corrected chi connectivity index (χ1v) is 8.66. The second kappa shape index (κ2) is 6.03. The van der Waals surface area contributed by atoms with Gasteiger partial charge in [0.15, 0.2) is 5.82 Å². The second-order valence-corrected chi connectivity index (χ2v) is 7.44. The molecule has 0 unspecified atom stereocenters. The van der Waals surface area contributed by atoms with E-state index in [0.717, 1.165) is 5.56 Å². The van der Waals surface area contributed by atoms with Gasteiger partial charge in [0.05, 0.1) is 7.11 Å². The first-order chi connectivity index (χ1) is 9.82. The molecule has 2 aromatic rings. The normalized spacial score (nSPS) is 11.9. The highest BCUT2D eigenvalue weighted by molar-refractivity contribution is 8.13. The van der Waals surface area contributed by atoms with Crippen LogP contribution in [0.1, 0.15) is 13.8 Å². The van der Waals surface area contributed by atoms with E-state index in [4.69, 9.17) is 15.4 Å². The Hall–Kier alpha value is -1.60. The third-order valence-corrected chi connectivity index (χ3v) is 3.98. The van der Waals surface area contributed by atoms with E-state index in [-0.39, 0.29) is 11.1 Å². The second-order valence-electron chi connectivity index (χ2n) is 4.98. The van der Waals surface area contributed by atoms with Gasteiger partial charge < -0.3 is 4.74 Å². The SMILES string of the molecule is COc1ccc(-c2nnc(S(=O)(=O)Cl)n2CC(C)C)cc1. The van der Waals surface area contributed by atoms with E-state index in [1.165, 1.54) is 4.57 Å². The molecule has 0 N–H and O–H groups in total. The maximum absolute atomic E-state index is 11.6. The number of hydrogen-bond acceptors (Lipinski definition) is 5. The van der Waals surface area contributed by atoms with Crippen LogP contribution in [0.2, 0.25) is 0 Å². The number of nitrogens with zero attached hydrogens (tertiary/aromatic N) is 3. The summed E-state index contributed by atoms with van der Waals surface area (Å²) in [7, 11) is 3.06. The molecule has 8 heteroatoms. The van der Waals surface area contributed by atoms with Crippen LogP contribution in [-0.4, -0.2) is 30.3 Å². The van der Waals surface area contributed by atoms with Gasteiger partial charge in [-0.2, -0.15) is 0 Å². The summed E-state index contributed by atoms with van der Waals surface area (Å²) < 4.78 is 29.8. The van der Waals surface area contributed by atoms with Crippen LogP contribution in [0.25, 0.3) is 11.4 Å². The fraction of sp³-hybridized carbons (Fsp3) is 0.385. The average molecular weight is 330 g/mol. The summed E-state index contributed by atoms with van der Waals surface area (Å²) in [6, 6.07) is 7.14. The summed E-state index contributed by atoms with van der Waals surface area (Å²) in [5.41, 5.74) is 0.746. The van der Waals surface area contributed by atoms with Crippen LogP contribution >= 0.6 is 10.7 Å². The maximum Gasteiger partial charge on any atom is 0.296 e. The minimum Gasteiger partial charge on any atom is -0.497 e. The lowest BCUT2D eigenvalue weighted by atomic mass is 10.2. The molecule has 0 spiro atoms. The Bertz CT molecular complexity index is 724. The average Bonchev–Trinajstić information content (AvgIpc) is 2.81. The topological polar surface area (TPSA) is 74.1 Å². The third-order valence-electron chi connectivity index (χ3n) is 2.83. The lowest BCUT2D eigenvalue weighted by molar-refractivity contribution is 0.415. The fourth-order valence-electron chi connectivity index (χ4n) is 1.95. The van der Waals surface area contributed by atoms with E-state index >= 15 is 0 Å². The summed E-state index contributed by atoms with van der Waals surface area (Å²) in [6.45, 7) is 4.40. The molecule has 1 aromatic carbocycles. The minimum absolute atomic E-state index is 0.218. The van der Waals surface area contributed by atoms with E-state index < -0.39 is 9.05 Å². The summed E-state index contributed by atoms with van der Waals surface area (Å²) in [5.74, 6) is 1.39. The van der Waals surface area contributed by atoms with Crippen molar-refractivity contribution in [2.75, 3.05) is 7.11 Å². The van der Waals surface area contributed by atoms with Gasteiger partial charge in [0.25, 0.3) is 14.2 Å². The lowest BCUT2D eigenvalue weighted by Crippen LogP contribution is -2.11. The van der Waals surface area contributed by atoms with Crippen molar-refractivity contribution in [3.63, 3.8) is 0 Å². The first-order valence-electron chi connectivity index (χ1n) is 6.35. The van der Waals surface area contributed by atoms with Crippen LogP contribution in [0.3, 0.4) is 0 Å². The van der Waals surface area contributed by atoms with Crippen molar-refractivity contribution in [2.24, 2.45) is 5.92 Å². The van der Waals surface area contributed by atoms with Crippen LogP contribution in [0.15, 0.2) is 29.4 Å². The molecule has 0 saturated carbocycles. The molecular weight excluding hydrogens is 314 g/mol. The Morgan fingerprint density at radius 2 is 1.86 bits per heavy atom. The van der Waals surface area contributed by atoms with Gasteiger partial charge in [0.1, 0.15) is 5.75 Å². The number of ether oxygens (including phenoxy) is 1. The lowest BCUT2D eigenvalue weighted by Gasteiger charge is -2.11. The number of halogens is 1. The van der Waals surface area contributed by atoms with Crippen molar-refractivity contribution in [3.8, 4) is 17.1 Å². The molecule has 2 rings (SSSR count). The van der Waals surface area contributed by atoms with Crippen LogP contribution in [0, 0.1) is 5.92 Å². The molecule has 0 aliphatic heterocycles. The zero-order chi connectivity index (χ0) is 15.6. The smallest absolute Gasteiger partial charge is 0.296 e. The number of rotatable bonds is 5. The van der Waals surface area contributed by atoms with Gasteiger partial charge in [-0.1, -0.05) is 13.8 Å². The molecule has 1 aromatic heterocycles. The highest BCUT2D eigenvalue weighted by Gasteiger charge is 2.23. The molecule has 0 aliphatic carbocycles. The summed E-state index contributed by atoms with van der Waals surface area (Å²) in [6.07, 6.45) is 0. The van der Waals surface area contributed by atoms with Gasteiger partial charge in [-0.25, -0.2) is 8.42 Å². The van der Waals surface area contributed by atoms with Gasteiger partial charge in [-0.3, -0.25) is 4.57 Å². The number of aromatic nitrogens is 3. The Balaban J connectivity index is 2.54. The molecule has 0 radical (unpaired) electrons. The van der Waals surface area contributed by atoms with Gasteiger partial charge in [0.2, 0.25) is 0 Å². The largest absolute Gasteiger partial charge is 0.497 e. The third kappa shape index (κ3) is 3.54. The van der Waals surface area contributed by atoms with E-state index in [0.29, 0.717) is 18.1 Å². The molecule has 6 nitrogen and oxygen atoms in total. The number of methoxy groups -OCH3 is 1. The number of benzene rings is 1. The maximum atomic E-state index is 11.6. The molecule has 0 amide bonds. The van der Waals surface area contributed by atoms with Crippen molar-refractivity contribution in [3.05, 3.63) is 24.3 Å². The molecule has 0 atom stereocenters. The fourth-order valence-corrected chi connectivity index (χ4v) is 2.86. The predicted octanol–water partition coefficient (Wildman–Crippen LogP) is 2.54. The van der Waals surface area contributed by atoms with Gasteiger partial charge in [-0.05, 0) is 30.2 Å². The zero-order valence-corrected chi connectivity index (χ0v) is 13.5. The van der Waals surface area contributed by atoms with E-state index in [2.05, 4.69) is 10.2 Å². The minimum atomic E-state index is -3.94. The highest BCUT2D eigenvalue weighted by atomic mass is 35.7. The Labute approximate surface area is 128 Å². The van der Waals surface area contributed by atoms with Crippen molar-refractivity contribution in [1.29, 1.82) is 0 Å². The Morgan fingerprint density at radius 1 is 1.24 bits per heavy atom. The number of hydrogen-bond donors (Lipinski definition) is 0. The molecule has 0 fully saturated rings. The quantitative estimate of drug-likeness (QED) is 0.788. The monoisotopic (exact) mass is 329 g/mol. The Kier molecular flexibility index (Phi) is 4.53. The van der Waals surface area contributed by atoms with Crippen molar-refractivity contribution >= 4 is 19.7 Å². The molecule has 1 heterocycles. The van der Waals surface area contributed by atoms with Gasteiger partial charge in [0, 0.05) is 22.8 Å². The van der Waals surface area contributed by atoms with Crippen LogP contribution < -0.4 is 4.74 Å². The zero-order valence-electron chi connectivity index (χ0n) is 11.9. The van der Waals surface area contributed by atoms with Crippen molar-refractivity contribution < 1.29 is 13.2 Å². The van der Waals surface area contributed by atoms with Crippen LogP contribution in [0.5, 0.6) is 5.75 Å². The van der Waals surface area contributed by atoms with E-state index in [1.807, 2.05) is 13.8 Å². The van der Waals surface area contributed by atoms with Crippen molar-refractivity contribution in [2.45, 2.75) is 25.5 Å². The first kappa shape index (κ1) is 15.8. The Morgan fingerprint density at radius 3 is 2.33 bits per heavy atom. The molecular formula is C13H16ClN3O3S. The van der Waals surface area contributed by atoms with Crippen molar-refractivity contribution in [1.82, 2.24) is 14.8 Å². The molecule has 21 heavy (non-hydrogen) atoms. The summed E-state index contributed by atoms with van der Waals surface area (Å²) in [4.78, 5) is 0. The molecule has 0 saturated heterocycles. The van der Waals surface area contributed by atoms with Gasteiger partial charge in [-0.15, -0.1) is 10.2 Å². The van der Waals surface area contributed by atoms with Crippen LogP contribution in [-0.2, 0) is 15.6 Å². The summed E-state index contributed by atoms with van der Waals surface area (Å²) >= 11 is 0. The standard InChI is InChI=1S/C13H16ClN3O3S/c1-9(2)8-17-12(15-16-13(17)21(14,18)19)10-4-6-11(20-3)7-5-10/h4-7,9H,8H2,1-3H3. The molecule has 0 bridgehead atoms. The van der Waals surface area contributed by atoms with Crippen LogP contribution in [0.4, 0.5) is 0 Å². The molecule has 114 valence electrons. The van der Waals surface area contributed by atoms with E-state index in [1.54, 1.807) is 31.4 Å². The predicted molar refractivity (Wildman–Crippen MR) is 79.9 cm³/mol. The highest BCUT2D eigenvalue weighted by Crippen LogP contribution is 2.25.